The lowest BCUT2D eigenvalue weighted by atomic mass is 10.1. The van der Waals surface area contributed by atoms with Crippen LogP contribution in [-0.2, 0) is 9.53 Å². The van der Waals surface area contributed by atoms with Crippen LogP contribution in [0.4, 0.5) is 11.4 Å². The predicted molar refractivity (Wildman–Crippen MR) is 109 cm³/mol. The molecule has 2 saturated heterocycles. The van der Waals surface area contributed by atoms with E-state index in [-0.39, 0.29) is 17.9 Å². The van der Waals surface area contributed by atoms with Crippen molar-refractivity contribution in [2.75, 3.05) is 43.0 Å². The Hall–Kier alpha value is -2.86. The molecule has 6 heteroatoms. The molecule has 146 valence electrons. The number of rotatable bonds is 4. The summed E-state index contributed by atoms with van der Waals surface area (Å²) in [5.74, 6) is -0.0849. The molecule has 1 N–H and O–H groups in total. The summed E-state index contributed by atoms with van der Waals surface area (Å²) in [6.45, 7) is 3.69. The summed E-state index contributed by atoms with van der Waals surface area (Å²) >= 11 is 0. The summed E-state index contributed by atoms with van der Waals surface area (Å²) in [7, 11) is 0. The molecule has 2 aliphatic rings. The van der Waals surface area contributed by atoms with E-state index in [1.807, 2.05) is 23.1 Å². The number of para-hydroxylation sites is 1. The average Bonchev–Trinajstić information content (AvgIpc) is 3.30. The normalized spacial score (nSPS) is 19.5. The number of benzene rings is 2. The van der Waals surface area contributed by atoms with Gasteiger partial charge in [0.2, 0.25) is 0 Å². The lowest BCUT2D eigenvalue weighted by Gasteiger charge is -2.36. The van der Waals surface area contributed by atoms with Gasteiger partial charge in [0.15, 0.2) is 0 Å². The van der Waals surface area contributed by atoms with Gasteiger partial charge in [-0.3, -0.25) is 9.59 Å². The van der Waals surface area contributed by atoms with Gasteiger partial charge in [0.1, 0.15) is 6.10 Å². The van der Waals surface area contributed by atoms with Crippen molar-refractivity contribution < 1.29 is 14.3 Å². The van der Waals surface area contributed by atoms with Crippen LogP contribution >= 0.6 is 0 Å². The van der Waals surface area contributed by atoms with Crippen LogP contribution in [0.2, 0.25) is 0 Å². The number of hydrogen-bond acceptors (Lipinski definition) is 4. The van der Waals surface area contributed by atoms with Crippen molar-refractivity contribution in [3.05, 3.63) is 60.2 Å². The van der Waals surface area contributed by atoms with E-state index in [1.54, 1.807) is 24.3 Å². The van der Waals surface area contributed by atoms with E-state index >= 15 is 0 Å². The lowest BCUT2D eigenvalue weighted by molar-refractivity contribution is -0.124. The third-order valence-electron chi connectivity index (χ3n) is 5.31. The smallest absolute Gasteiger partial charge is 0.253 e. The maximum Gasteiger partial charge on any atom is 0.253 e. The molecule has 0 saturated carbocycles. The number of nitrogens with one attached hydrogen (secondary N) is 1. The van der Waals surface area contributed by atoms with E-state index in [2.05, 4.69) is 22.3 Å². The molecule has 2 amide bonds. The Balaban J connectivity index is 1.32. The maximum atomic E-state index is 12.8. The standard InChI is InChI=1S/C22H25N3O3/c26-21(20-7-4-16-28-20)23-18-10-8-17(9-11-18)22(27)25-14-12-24(13-15-25)19-5-2-1-3-6-19/h1-3,5-6,8-11,20H,4,7,12-16H2,(H,23,26)/t20-/m1/s1. The first kappa shape index (κ1) is 18.5. The van der Waals surface area contributed by atoms with Crippen molar-refractivity contribution in [2.45, 2.75) is 18.9 Å². The summed E-state index contributed by atoms with van der Waals surface area (Å²) in [6.07, 6.45) is 1.32. The van der Waals surface area contributed by atoms with Gasteiger partial charge >= 0.3 is 0 Å². The molecule has 2 fully saturated rings. The zero-order chi connectivity index (χ0) is 19.3. The molecular weight excluding hydrogens is 354 g/mol. The maximum absolute atomic E-state index is 12.8. The molecule has 1 atom stereocenters. The number of hydrogen-bond donors (Lipinski definition) is 1. The molecule has 0 aromatic heterocycles. The third kappa shape index (κ3) is 4.17. The SMILES string of the molecule is O=C(Nc1ccc(C(=O)N2CCN(c3ccccc3)CC2)cc1)[C@H]1CCCO1. The van der Waals surface area contributed by atoms with Crippen molar-refractivity contribution >= 4 is 23.2 Å². The van der Waals surface area contributed by atoms with Crippen LogP contribution in [-0.4, -0.2) is 55.6 Å². The van der Waals surface area contributed by atoms with Gasteiger partial charge in [0, 0.05) is 49.7 Å². The summed E-state index contributed by atoms with van der Waals surface area (Å²) in [4.78, 5) is 29.1. The first-order chi connectivity index (χ1) is 13.7. The number of nitrogens with zero attached hydrogens (tertiary/aromatic N) is 2. The molecule has 6 nitrogen and oxygen atoms in total. The van der Waals surface area contributed by atoms with E-state index < -0.39 is 0 Å². The Morgan fingerprint density at radius 2 is 1.64 bits per heavy atom. The predicted octanol–water partition coefficient (Wildman–Crippen LogP) is 2.77. The minimum Gasteiger partial charge on any atom is -0.368 e. The average molecular weight is 379 g/mol. The third-order valence-corrected chi connectivity index (χ3v) is 5.31. The zero-order valence-corrected chi connectivity index (χ0v) is 15.8. The van der Waals surface area contributed by atoms with Gasteiger partial charge in [0.25, 0.3) is 11.8 Å². The lowest BCUT2D eigenvalue weighted by Crippen LogP contribution is -2.48. The van der Waals surface area contributed by atoms with Crippen molar-refractivity contribution in [3.8, 4) is 0 Å². The van der Waals surface area contributed by atoms with Gasteiger partial charge in [-0.2, -0.15) is 0 Å². The molecule has 4 rings (SSSR count). The highest BCUT2D eigenvalue weighted by Gasteiger charge is 2.24. The van der Waals surface area contributed by atoms with E-state index in [4.69, 9.17) is 4.74 Å². The van der Waals surface area contributed by atoms with Gasteiger partial charge in [-0.1, -0.05) is 18.2 Å². The van der Waals surface area contributed by atoms with Crippen LogP contribution < -0.4 is 10.2 Å². The number of piperazine rings is 1. The minimum absolute atomic E-state index is 0.0321. The Morgan fingerprint density at radius 1 is 0.929 bits per heavy atom. The molecule has 0 radical (unpaired) electrons. The molecule has 28 heavy (non-hydrogen) atoms. The number of carbonyl (C=O) groups is 2. The quantitative estimate of drug-likeness (QED) is 0.887. The van der Waals surface area contributed by atoms with E-state index in [1.165, 1.54) is 5.69 Å². The zero-order valence-electron chi connectivity index (χ0n) is 15.8. The van der Waals surface area contributed by atoms with Gasteiger partial charge < -0.3 is 19.9 Å². The van der Waals surface area contributed by atoms with Crippen molar-refractivity contribution in [2.24, 2.45) is 0 Å². The highest BCUT2D eigenvalue weighted by Crippen LogP contribution is 2.19. The highest BCUT2D eigenvalue weighted by molar-refractivity contribution is 5.97. The first-order valence-electron chi connectivity index (χ1n) is 9.82. The summed E-state index contributed by atoms with van der Waals surface area (Å²) in [5, 5.41) is 2.86. The molecule has 2 aromatic carbocycles. The monoisotopic (exact) mass is 379 g/mol. The van der Waals surface area contributed by atoms with Crippen LogP contribution in [0.1, 0.15) is 23.2 Å². The van der Waals surface area contributed by atoms with E-state index in [9.17, 15) is 9.59 Å². The second kappa shape index (κ2) is 8.44. The number of amides is 2. The van der Waals surface area contributed by atoms with Crippen LogP contribution in [0.25, 0.3) is 0 Å². The van der Waals surface area contributed by atoms with Gasteiger partial charge in [-0.05, 0) is 49.2 Å². The molecule has 0 spiro atoms. The molecule has 2 aromatic rings. The minimum atomic E-state index is -0.359. The highest BCUT2D eigenvalue weighted by atomic mass is 16.5. The van der Waals surface area contributed by atoms with Gasteiger partial charge in [0.05, 0.1) is 0 Å². The van der Waals surface area contributed by atoms with E-state index in [0.29, 0.717) is 30.9 Å². The number of carbonyl (C=O) groups excluding carboxylic acids is 2. The van der Waals surface area contributed by atoms with Crippen molar-refractivity contribution in [3.63, 3.8) is 0 Å². The van der Waals surface area contributed by atoms with Crippen LogP contribution in [0, 0.1) is 0 Å². The molecule has 2 heterocycles. The Labute approximate surface area is 165 Å². The largest absolute Gasteiger partial charge is 0.368 e. The summed E-state index contributed by atoms with van der Waals surface area (Å²) < 4.78 is 5.39. The topological polar surface area (TPSA) is 61.9 Å². The number of anilines is 2. The molecule has 0 aliphatic carbocycles. The van der Waals surface area contributed by atoms with Crippen LogP contribution in [0.5, 0.6) is 0 Å². The molecule has 2 aliphatic heterocycles. The fourth-order valence-corrected chi connectivity index (χ4v) is 3.69. The van der Waals surface area contributed by atoms with E-state index in [0.717, 1.165) is 25.9 Å². The second-order valence-electron chi connectivity index (χ2n) is 7.18. The Kier molecular flexibility index (Phi) is 5.58. The molecule has 0 bridgehead atoms. The first-order valence-corrected chi connectivity index (χ1v) is 9.82. The summed E-state index contributed by atoms with van der Waals surface area (Å²) in [6, 6.07) is 17.4. The summed E-state index contributed by atoms with van der Waals surface area (Å²) in [5.41, 5.74) is 2.52. The fraction of sp³-hybridized carbons (Fsp3) is 0.364. The number of ether oxygens (including phenoxy) is 1. The Morgan fingerprint density at radius 3 is 2.29 bits per heavy atom. The van der Waals surface area contributed by atoms with Gasteiger partial charge in [-0.25, -0.2) is 0 Å². The van der Waals surface area contributed by atoms with Crippen LogP contribution in [0.3, 0.4) is 0 Å². The van der Waals surface area contributed by atoms with Crippen molar-refractivity contribution in [1.82, 2.24) is 4.90 Å². The van der Waals surface area contributed by atoms with Crippen molar-refractivity contribution in [1.29, 1.82) is 0 Å². The van der Waals surface area contributed by atoms with Gasteiger partial charge in [-0.15, -0.1) is 0 Å². The Bertz CT molecular complexity index is 809. The van der Waals surface area contributed by atoms with Crippen LogP contribution in [0.15, 0.2) is 54.6 Å². The molecular formula is C22H25N3O3. The second-order valence-corrected chi connectivity index (χ2v) is 7.18. The molecule has 0 unspecified atom stereocenters. The fourth-order valence-electron chi connectivity index (χ4n) is 3.69.